The van der Waals surface area contributed by atoms with E-state index in [4.69, 9.17) is 24.2 Å². The Morgan fingerprint density at radius 3 is 1.71 bits per heavy atom. The van der Waals surface area contributed by atoms with Crippen LogP contribution < -0.4 is 0 Å². The van der Waals surface area contributed by atoms with Gasteiger partial charge >= 0.3 is 17.9 Å². The fourth-order valence-electron chi connectivity index (χ4n) is 1.76. The van der Waals surface area contributed by atoms with Crippen LogP contribution in [-0.4, -0.2) is 49.4 Å². The van der Waals surface area contributed by atoms with Gasteiger partial charge in [-0.05, 0) is 6.92 Å². The van der Waals surface area contributed by atoms with Crippen molar-refractivity contribution in [1.29, 1.82) is 5.26 Å². The molecule has 21 heavy (non-hydrogen) atoms. The third-order valence-corrected chi connectivity index (χ3v) is 2.43. The molecule has 4 atom stereocenters. The molecule has 0 N–H and O–H groups in total. The van der Waals surface area contributed by atoms with Crippen LogP contribution in [0.1, 0.15) is 27.7 Å². The van der Waals surface area contributed by atoms with Gasteiger partial charge < -0.3 is 18.9 Å². The lowest BCUT2D eigenvalue weighted by atomic mass is 10.0. The van der Waals surface area contributed by atoms with Crippen molar-refractivity contribution in [2.24, 2.45) is 0 Å². The van der Waals surface area contributed by atoms with Crippen LogP contribution in [0.15, 0.2) is 0 Å². The minimum atomic E-state index is -1.38. The Labute approximate surface area is 122 Å². The van der Waals surface area contributed by atoms with Crippen LogP contribution in [0.5, 0.6) is 0 Å². The van der Waals surface area contributed by atoms with Gasteiger partial charge in [-0.25, -0.2) is 0 Å². The third kappa shape index (κ3) is 6.72. The molecule has 0 radical (unpaired) electrons. The SMILES string of the molecule is CO[C@@H]([C@H](OC(C)=O)[C@H](C#N)OC(C)=O)[C@@H](C)OC(C)=O. The lowest BCUT2D eigenvalue weighted by Crippen LogP contribution is -2.49. The van der Waals surface area contributed by atoms with Gasteiger partial charge in [0.2, 0.25) is 6.10 Å². The summed E-state index contributed by atoms with van der Waals surface area (Å²) in [6.45, 7) is 4.97. The number of nitriles is 1. The molecule has 0 saturated heterocycles. The maximum Gasteiger partial charge on any atom is 0.304 e. The fraction of sp³-hybridized carbons (Fsp3) is 0.692. The molecular weight excluding hydrogens is 282 g/mol. The Bertz CT molecular complexity index is 429. The fourth-order valence-corrected chi connectivity index (χ4v) is 1.76. The predicted octanol–water partition coefficient (Wildman–Crippen LogP) is 0.340. The molecule has 8 nitrogen and oxygen atoms in total. The van der Waals surface area contributed by atoms with E-state index in [0.717, 1.165) is 13.8 Å². The maximum absolute atomic E-state index is 11.2. The summed E-state index contributed by atoms with van der Waals surface area (Å²) in [5.74, 6) is -1.97. The van der Waals surface area contributed by atoms with E-state index in [9.17, 15) is 14.4 Å². The number of methoxy groups -OCH3 is 1. The molecule has 0 aromatic rings. The largest absolute Gasteiger partial charge is 0.460 e. The zero-order valence-corrected chi connectivity index (χ0v) is 12.6. The number of esters is 3. The van der Waals surface area contributed by atoms with Crippen LogP contribution in [0, 0.1) is 11.3 Å². The molecule has 0 saturated carbocycles. The number of ether oxygens (including phenoxy) is 4. The second-order valence-electron chi connectivity index (χ2n) is 4.25. The Morgan fingerprint density at radius 1 is 0.905 bits per heavy atom. The molecule has 0 aliphatic carbocycles. The molecule has 0 fully saturated rings. The molecule has 118 valence electrons. The number of hydrogen-bond donors (Lipinski definition) is 0. The van der Waals surface area contributed by atoms with Gasteiger partial charge in [0.15, 0.2) is 6.10 Å². The van der Waals surface area contributed by atoms with Crippen LogP contribution in [0.2, 0.25) is 0 Å². The van der Waals surface area contributed by atoms with Crippen molar-refractivity contribution in [2.45, 2.75) is 52.1 Å². The molecule has 0 unspecified atom stereocenters. The van der Waals surface area contributed by atoms with Crippen LogP contribution >= 0.6 is 0 Å². The van der Waals surface area contributed by atoms with Gasteiger partial charge in [-0.2, -0.15) is 5.26 Å². The van der Waals surface area contributed by atoms with Crippen molar-refractivity contribution in [3.8, 4) is 6.07 Å². The molecule has 0 heterocycles. The standard InChI is InChI=1S/C13H19NO7/c1-7(19-8(2)15)12(18-5)13(21-10(4)17)11(6-14)20-9(3)16/h7,11-13H,1-5H3/t7-,11+,12-,13-/m1/s1. The first-order valence-electron chi connectivity index (χ1n) is 6.17. The van der Waals surface area contributed by atoms with E-state index in [2.05, 4.69) is 0 Å². The highest BCUT2D eigenvalue weighted by molar-refractivity contribution is 5.68. The van der Waals surface area contributed by atoms with E-state index in [1.54, 1.807) is 6.07 Å². The van der Waals surface area contributed by atoms with E-state index < -0.39 is 42.3 Å². The molecule has 0 rings (SSSR count). The van der Waals surface area contributed by atoms with Gasteiger partial charge in [-0.3, -0.25) is 14.4 Å². The average molecular weight is 301 g/mol. The summed E-state index contributed by atoms with van der Waals surface area (Å²) in [5, 5.41) is 9.08. The zero-order valence-electron chi connectivity index (χ0n) is 12.6. The summed E-state index contributed by atoms with van der Waals surface area (Å²) >= 11 is 0. The summed E-state index contributed by atoms with van der Waals surface area (Å²) in [4.78, 5) is 33.2. The van der Waals surface area contributed by atoms with Crippen molar-refractivity contribution >= 4 is 17.9 Å². The minimum absolute atomic E-state index is 0.563. The molecule has 0 aromatic carbocycles. The number of hydrogen-bond acceptors (Lipinski definition) is 8. The number of carbonyl (C=O) groups excluding carboxylic acids is 3. The Morgan fingerprint density at radius 2 is 1.38 bits per heavy atom. The highest BCUT2D eigenvalue weighted by Crippen LogP contribution is 2.17. The number of rotatable bonds is 7. The van der Waals surface area contributed by atoms with Crippen molar-refractivity contribution in [3.63, 3.8) is 0 Å². The van der Waals surface area contributed by atoms with Crippen LogP contribution in [-0.2, 0) is 33.3 Å². The first-order valence-corrected chi connectivity index (χ1v) is 6.17. The summed E-state index contributed by atoms with van der Waals surface area (Å²) in [7, 11) is 1.30. The predicted molar refractivity (Wildman–Crippen MR) is 68.7 cm³/mol. The first-order chi connectivity index (χ1) is 9.72. The van der Waals surface area contributed by atoms with E-state index in [1.807, 2.05) is 0 Å². The summed E-state index contributed by atoms with van der Waals surface area (Å²) in [6, 6.07) is 1.72. The molecule has 0 aliphatic heterocycles. The Hall–Kier alpha value is -2.14. The van der Waals surface area contributed by atoms with Gasteiger partial charge in [0.25, 0.3) is 0 Å². The lowest BCUT2D eigenvalue weighted by molar-refractivity contribution is -0.184. The molecular formula is C13H19NO7. The third-order valence-electron chi connectivity index (χ3n) is 2.43. The summed E-state index contributed by atoms with van der Waals surface area (Å²) in [6.07, 6.45) is -4.39. The zero-order chi connectivity index (χ0) is 16.6. The number of nitrogens with zero attached hydrogens (tertiary/aromatic N) is 1. The first kappa shape index (κ1) is 18.9. The molecule has 0 spiro atoms. The van der Waals surface area contributed by atoms with Crippen molar-refractivity contribution in [3.05, 3.63) is 0 Å². The summed E-state index contributed by atoms with van der Waals surface area (Å²) in [5.41, 5.74) is 0. The van der Waals surface area contributed by atoms with E-state index in [0.29, 0.717) is 0 Å². The van der Waals surface area contributed by atoms with E-state index >= 15 is 0 Å². The molecule has 0 aliphatic rings. The summed E-state index contributed by atoms with van der Waals surface area (Å²) < 4.78 is 19.9. The topological polar surface area (TPSA) is 112 Å². The lowest BCUT2D eigenvalue weighted by Gasteiger charge is -2.31. The highest BCUT2D eigenvalue weighted by atomic mass is 16.6. The van der Waals surface area contributed by atoms with Crippen LogP contribution in [0.3, 0.4) is 0 Å². The van der Waals surface area contributed by atoms with Crippen molar-refractivity contribution < 1.29 is 33.3 Å². The van der Waals surface area contributed by atoms with Gasteiger partial charge in [0.05, 0.1) is 0 Å². The quantitative estimate of drug-likeness (QED) is 0.488. The smallest absolute Gasteiger partial charge is 0.304 e. The van der Waals surface area contributed by atoms with E-state index in [1.165, 1.54) is 21.0 Å². The Kier molecular flexibility index (Phi) is 8.01. The second kappa shape index (κ2) is 8.92. The van der Waals surface area contributed by atoms with Crippen molar-refractivity contribution in [1.82, 2.24) is 0 Å². The van der Waals surface area contributed by atoms with E-state index in [-0.39, 0.29) is 0 Å². The number of carbonyl (C=O) groups is 3. The highest BCUT2D eigenvalue weighted by Gasteiger charge is 2.39. The van der Waals surface area contributed by atoms with Gasteiger partial charge in [-0.1, -0.05) is 0 Å². The average Bonchev–Trinajstić information content (AvgIpc) is 2.34. The Balaban J connectivity index is 5.32. The molecule has 0 aromatic heterocycles. The molecule has 0 bridgehead atoms. The van der Waals surface area contributed by atoms with Crippen molar-refractivity contribution in [2.75, 3.05) is 7.11 Å². The normalized spacial score (nSPS) is 15.8. The second-order valence-corrected chi connectivity index (χ2v) is 4.25. The van der Waals surface area contributed by atoms with Crippen LogP contribution in [0.25, 0.3) is 0 Å². The van der Waals surface area contributed by atoms with Gasteiger partial charge in [0.1, 0.15) is 18.3 Å². The monoisotopic (exact) mass is 301 g/mol. The van der Waals surface area contributed by atoms with Gasteiger partial charge in [-0.15, -0.1) is 0 Å². The maximum atomic E-state index is 11.2. The molecule has 0 amide bonds. The van der Waals surface area contributed by atoms with Gasteiger partial charge in [0, 0.05) is 27.9 Å². The molecule has 8 heteroatoms. The van der Waals surface area contributed by atoms with Crippen LogP contribution in [0.4, 0.5) is 0 Å². The minimum Gasteiger partial charge on any atom is -0.460 e.